The molecule has 0 fully saturated rings. The highest BCUT2D eigenvalue weighted by molar-refractivity contribution is 7.98. The molecule has 0 atom stereocenters. The molecule has 1 N–H and O–H groups in total. The highest BCUT2D eigenvalue weighted by Gasteiger charge is 2.19. The van der Waals surface area contributed by atoms with Crippen LogP contribution in [0.4, 0.5) is 0 Å². The zero-order valence-corrected chi connectivity index (χ0v) is 10.8. The standard InChI is InChI=1S/C11H25NS/c1-10(2,3)12-9-11(4,5)7-8-13-6/h12H,7-9H2,1-6H3. The first kappa shape index (κ1) is 13.3. The highest BCUT2D eigenvalue weighted by atomic mass is 32.2. The molecule has 0 amide bonds. The van der Waals surface area contributed by atoms with Crippen molar-refractivity contribution in [2.45, 2.75) is 46.6 Å². The van der Waals surface area contributed by atoms with Crippen molar-refractivity contribution >= 4 is 11.8 Å². The van der Waals surface area contributed by atoms with Gasteiger partial charge < -0.3 is 5.32 Å². The van der Waals surface area contributed by atoms with Crippen molar-refractivity contribution in [2.75, 3.05) is 18.6 Å². The Morgan fingerprint density at radius 1 is 1.08 bits per heavy atom. The van der Waals surface area contributed by atoms with Gasteiger partial charge in [0.1, 0.15) is 0 Å². The second kappa shape index (κ2) is 5.26. The van der Waals surface area contributed by atoms with Gasteiger partial charge in [-0.15, -0.1) is 0 Å². The van der Waals surface area contributed by atoms with Crippen LogP contribution in [0, 0.1) is 5.41 Å². The second-order valence-electron chi connectivity index (χ2n) is 5.51. The van der Waals surface area contributed by atoms with Crippen molar-refractivity contribution in [2.24, 2.45) is 5.41 Å². The molecule has 0 bridgehead atoms. The number of thioether (sulfide) groups is 1. The van der Waals surface area contributed by atoms with Gasteiger partial charge in [-0.05, 0) is 44.6 Å². The molecule has 0 radical (unpaired) electrons. The summed E-state index contributed by atoms with van der Waals surface area (Å²) in [5.41, 5.74) is 0.674. The molecule has 0 aliphatic rings. The van der Waals surface area contributed by atoms with Crippen molar-refractivity contribution in [3.05, 3.63) is 0 Å². The number of hydrogen-bond acceptors (Lipinski definition) is 2. The summed E-state index contributed by atoms with van der Waals surface area (Å²) in [6.45, 7) is 12.4. The summed E-state index contributed by atoms with van der Waals surface area (Å²) < 4.78 is 0. The monoisotopic (exact) mass is 203 g/mol. The average Bonchev–Trinajstić information content (AvgIpc) is 1.97. The third-order valence-corrected chi connectivity index (χ3v) is 2.69. The first-order chi connectivity index (χ1) is 5.77. The molecule has 0 spiro atoms. The summed E-state index contributed by atoms with van der Waals surface area (Å²) in [7, 11) is 0. The van der Waals surface area contributed by atoms with Crippen LogP contribution in [0.1, 0.15) is 41.0 Å². The molecule has 0 rings (SSSR count). The maximum atomic E-state index is 3.56. The van der Waals surface area contributed by atoms with Gasteiger partial charge >= 0.3 is 0 Å². The number of rotatable bonds is 5. The molecule has 0 aromatic heterocycles. The predicted molar refractivity (Wildman–Crippen MR) is 64.5 cm³/mol. The van der Waals surface area contributed by atoms with Gasteiger partial charge in [0, 0.05) is 12.1 Å². The Morgan fingerprint density at radius 3 is 2.00 bits per heavy atom. The molecule has 1 nitrogen and oxygen atoms in total. The van der Waals surface area contributed by atoms with E-state index in [4.69, 9.17) is 0 Å². The van der Waals surface area contributed by atoms with E-state index in [1.54, 1.807) is 0 Å². The molecule has 0 aliphatic heterocycles. The van der Waals surface area contributed by atoms with Crippen LogP contribution in [-0.4, -0.2) is 24.1 Å². The fourth-order valence-electron chi connectivity index (χ4n) is 0.971. The van der Waals surface area contributed by atoms with E-state index < -0.39 is 0 Å². The molecule has 0 aromatic carbocycles. The maximum absolute atomic E-state index is 3.56. The number of hydrogen-bond donors (Lipinski definition) is 1. The lowest BCUT2D eigenvalue weighted by atomic mass is 9.89. The first-order valence-electron chi connectivity index (χ1n) is 5.01. The normalized spacial score (nSPS) is 13.4. The van der Waals surface area contributed by atoms with Gasteiger partial charge in [-0.1, -0.05) is 13.8 Å². The fourth-order valence-corrected chi connectivity index (χ4v) is 1.73. The van der Waals surface area contributed by atoms with Crippen LogP contribution in [0.15, 0.2) is 0 Å². The SMILES string of the molecule is CSCCC(C)(C)CNC(C)(C)C. The minimum atomic E-state index is 0.247. The summed E-state index contributed by atoms with van der Waals surface area (Å²) in [6.07, 6.45) is 3.46. The first-order valence-corrected chi connectivity index (χ1v) is 6.40. The number of nitrogens with one attached hydrogen (secondary N) is 1. The van der Waals surface area contributed by atoms with Crippen LogP contribution in [0.5, 0.6) is 0 Å². The van der Waals surface area contributed by atoms with Crippen molar-refractivity contribution in [1.29, 1.82) is 0 Å². The Kier molecular flexibility index (Phi) is 5.38. The summed E-state index contributed by atoms with van der Waals surface area (Å²) in [6, 6.07) is 0. The lowest BCUT2D eigenvalue weighted by Gasteiger charge is -2.30. The topological polar surface area (TPSA) is 12.0 Å². The largest absolute Gasteiger partial charge is 0.312 e. The van der Waals surface area contributed by atoms with Gasteiger partial charge in [-0.3, -0.25) is 0 Å². The Labute approximate surface area is 88.1 Å². The average molecular weight is 203 g/mol. The van der Waals surface area contributed by atoms with Crippen molar-refractivity contribution in [3.8, 4) is 0 Å². The summed E-state index contributed by atoms with van der Waals surface area (Å²) in [4.78, 5) is 0. The van der Waals surface area contributed by atoms with Crippen molar-refractivity contribution in [3.63, 3.8) is 0 Å². The highest BCUT2D eigenvalue weighted by Crippen LogP contribution is 2.21. The lowest BCUT2D eigenvalue weighted by molar-refractivity contribution is 0.284. The quantitative estimate of drug-likeness (QED) is 0.736. The Bertz CT molecular complexity index is 136. The predicted octanol–water partition coefficient (Wildman–Crippen LogP) is 3.15. The molecule has 0 aromatic rings. The zero-order chi connectivity index (χ0) is 10.5. The van der Waals surface area contributed by atoms with Gasteiger partial charge in [0.2, 0.25) is 0 Å². The van der Waals surface area contributed by atoms with Gasteiger partial charge in [-0.2, -0.15) is 11.8 Å². The van der Waals surface area contributed by atoms with Crippen LogP contribution in [-0.2, 0) is 0 Å². The minimum absolute atomic E-state index is 0.247. The molecule has 80 valence electrons. The van der Waals surface area contributed by atoms with Crippen molar-refractivity contribution < 1.29 is 0 Å². The molecule has 13 heavy (non-hydrogen) atoms. The van der Waals surface area contributed by atoms with Crippen LogP contribution in [0.3, 0.4) is 0 Å². The van der Waals surface area contributed by atoms with E-state index in [1.807, 2.05) is 11.8 Å². The molecule has 0 saturated carbocycles. The molecular weight excluding hydrogens is 178 g/mol. The van der Waals surface area contributed by atoms with Crippen molar-refractivity contribution in [1.82, 2.24) is 5.32 Å². The molecule has 0 aliphatic carbocycles. The van der Waals surface area contributed by atoms with Gasteiger partial charge in [0.25, 0.3) is 0 Å². The van der Waals surface area contributed by atoms with Crippen LogP contribution in [0.2, 0.25) is 0 Å². The Hall–Kier alpha value is 0.310. The fraction of sp³-hybridized carbons (Fsp3) is 1.00. The van der Waals surface area contributed by atoms with E-state index >= 15 is 0 Å². The smallest absolute Gasteiger partial charge is 0.00967 e. The summed E-state index contributed by atoms with van der Waals surface area (Å²) >= 11 is 1.93. The Balaban J connectivity index is 3.75. The third kappa shape index (κ3) is 8.63. The molecule has 0 heterocycles. The van der Waals surface area contributed by atoms with Crippen LogP contribution >= 0.6 is 11.8 Å². The zero-order valence-electron chi connectivity index (χ0n) is 10.0. The van der Waals surface area contributed by atoms with Gasteiger partial charge in [0.05, 0.1) is 0 Å². The molecule has 0 unspecified atom stereocenters. The lowest BCUT2D eigenvalue weighted by Crippen LogP contribution is -2.42. The van der Waals surface area contributed by atoms with E-state index in [1.165, 1.54) is 12.2 Å². The van der Waals surface area contributed by atoms with E-state index in [2.05, 4.69) is 46.2 Å². The summed E-state index contributed by atoms with van der Waals surface area (Å²) in [5.74, 6) is 1.26. The van der Waals surface area contributed by atoms with Gasteiger partial charge in [-0.25, -0.2) is 0 Å². The van der Waals surface area contributed by atoms with E-state index in [-0.39, 0.29) is 5.54 Å². The molecule has 2 heteroatoms. The third-order valence-electron chi connectivity index (χ3n) is 2.08. The van der Waals surface area contributed by atoms with Gasteiger partial charge in [0.15, 0.2) is 0 Å². The Morgan fingerprint density at radius 2 is 1.62 bits per heavy atom. The maximum Gasteiger partial charge on any atom is 0.00967 e. The van der Waals surface area contributed by atoms with E-state index in [9.17, 15) is 0 Å². The van der Waals surface area contributed by atoms with E-state index in [0.717, 1.165) is 6.54 Å². The molecular formula is C11H25NS. The minimum Gasteiger partial charge on any atom is -0.312 e. The van der Waals surface area contributed by atoms with Crippen LogP contribution < -0.4 is 5.32 Å². The second-order valence-corrected chi connectivity index (χ2v) is 6.50. The summed E-state index contributed by atoms with van der Waals surface area (Å²) in [5, 5.41) is 3.56. The molecule has 0 saturated heterocycles. The van der Waals surface area contributed by atoms with Crippen LogP contribution in [0.25, 0.3) is 0 Å². The van der Waals surface area contributed by atoms with E-state index in [0.29, 0.717) is 5.41 Å².